The second-order valence-corrected chi connectivity index (χ2v) is 8.47. The first-order valence-electron chi connectivity index (χ1n) is 10.1. The highest BCUT2D eigenvalue weighted by atomic mass is 32.1. The van der Waals surface area contributed by atoms with Gasteiger partial charge in [0.15, 0.2) is 5.96 Å². The van der Waals surface area contributed by atoms with Crippen molar-refractivity contribution in [2.45, 2.75) is 52.4 Å². The van der Waals surface area contributed by atoms with E-state index in [2.05, 4.69) is 41.8 Å². The van der Waals surface area contributed by atoms with Crippen molar-refractivity contribution in [3.05, 3.63) is 40.2 Å². The summed E-state index contributed by atoms with van der Waals surface area (Å²) in [7, 11) is 0. The van der Waals surface area contributed by atoms with Gasteiger partial charge in [0.2, 0.25) is 0 Å². The molecule has 2 aromatic heterocycles. The standard InChI is InChI=1S/C21H34N4O2S/c1-5-26-14-7-11-22-20(24-13-10-18-8-6-15-27-18)23-12-9-17-16-28-19(25-17)21(2,3)4/h6,8,15-16H,5,7,9-14H2,1-4H3,(H2,22,23,24). The Morgan fingerprint density at radius 2 is 2.04 bits per heavy atom. The molecular formula is C21H34N4O2S. The number of guanidine groups is 1. The van der Waals surface area contributed by atoms with Gasteiger partial charge >= 0.3 is 0 Å². The molecule has 0 saturated carbocycles. The monoisotopic (exact) mass is 406 g/mol. The summed E-state index contributed by atoms with van der Waals surface area (Å²) in [6.07, 6.45) is 4.33. The van der Waals surface area contributed by atoms with Crippen LogP contribution in [-0.4, -0.2) is 43.8 Å². The van der Waals surface area contributed by atoms with Crippen molar-refractivity contribution < 1.29 is 9.15 Å². The predicted molar refractivity (Wildman–Crippen MR) is 116 cm³/mol. The third-order valence-corrected chi connectivity index (χ3v) is 5.35. The molecule has 2 aromatic rings. The zero-order valence-electron chi connectivity index (χ0n) is 17.6. The second-order valence-electron chi connectivity index (χ2n) is 7.61. The topological polar surface area (TPSA) is 71.7 Å². The van der Waals surface area contributed by atoms with Crippen molar-refractivity contribution in [3.63, 3.8) is 0 Å². The number of hydrogen-bond acceptors (Lipinski definition) is 5. The van der Waals surface area contributed by atoms with E-state index in [1.807, 2.05) is 19.1 Å². The first-order chi connectivity index (χ1) is 13.5. The van der Waals surface area contributed by atoms with Gasteiger partial charge in [-0.2, -0.15) is 0 Å². The van der Waals surface area contributed by atoms with Crippen molar-refractivity contribution in [1.29, 1.82) is 0 Å². The summed E-state index contributed by atoms with van der Waals surface area (Å²) in [5, 5.41) is 10.1. The van der Waals surface area contributed by atoms with E-state index in [-0.39, 0.29) is 5.41 Å². The SMILES string of the molecule is CCOCCCN=C(NCCc1csc(C(C)(C)C)n1)NCCc1ccco1. The van der Waals surface area contributed by atoms with E-state index in [1.165, 1.54) is 5.01 Å². The molecule has 0 unspecified atom stereocenters. The van der Waals surface area contributed by atoms with E-state index >= 15 is 0 Å². The summed E-state index contributed by atoms with van der Waals surface area (Å²) in [6, 6.07) is 3.90. The van der Waals surface area contributed by atoms with E-state index in [0.29, 0.717) is 0 Å². The zero-order valence-corrected chi connectivity index (χ0v) is 18.4. The quantitative estimate of drug-likeness (QED) is 0.338. The van der Waals surface area contributed by atoms with Crippen molar-refractivity contribution in [2.24, 2.45) is 4.99 Å². The summed E-state index contributed by atoms with van der Waals surface area (Å²) in [5.74, 6) is 1.80. The van der Waals surface area contributed by atoms with Gasteiger partial charge in [0.25, 0.3) is 0 Å². The number of aromatic nitrogens is 1. The van der Waals surface area contributed by atoms with E-state index < -0.39 is 0 Å². The number of nitrogens with zero attached hydrogens (tertiary/aromatic N) is 2. The lowest BCUT2D eigenvalue weighted by atomic mass is 9.98. The highest BCUT2D eigenvalue weighted by Gasteiger charge is 2.17. The number of hydrogen-bond donors (Lipinski definition) is 2. The Morgan fingerprint density at radius 3 is 2.68 bits per heavy atom. The summed E-state index contributed by atoms with van der Waals surface area (Å²) in [6.45, 7) is 12.4. The van der Waals surface area contributed by atoms with Gasteiger partial charge in [0.1, 0.15) is 5.76 Å². The van der Waals surface area contributed by atoms with Crippen molar-refractivity contribution in [1.82, 2.24) is 15.6 Å². The third kappa shape index (κ3) is 8.44. The number of aliphatic imine (C=N–C) groups is 1. The van der Waals surface area contributed by atoms with Crippen LogP contribution in [0.2, 0.25) is 0 Å². The molecule has 0 bridgehead atoms. The van der Waals surface area contributed by atoms with Crippen molar-refractivity contribution in [3.8, 4) is 0 Å². The first-order valence-corrected chi connectivity index (χ1v) is 10.9. The fraction of sp³-hybridized carbons (Fsp3) is 0.619. The van der Waals surface area contributed by atoms with E-state index in [9.17, 15) is 0 Å². The van der Waals surface area contributed by atoms with Crippen LogP contribution in [0.15, 0.2) is 33.2 Å². The number of nitrogens with one attached hydrogen (secondary N) is 2. The van der Waals surface area contributed by atoms with Crippen LogP contribution in [0.3, 0.4) is 0 Å². The van der Waals surface area contributed by atoms with E-state index in [0.717, 1.165) is 69.5 Å². The van der Waals surface area contributed by atoms with Gasteiger partial charge in [-0.1, -0.05) is 20.8 Å². The average molecular weight is 407 g/mol. The van der Waals surface area contributed by atoms with Gasteiger partial charge in [-0.25, -0.2) is 4.98 Å². The fourth-order valence-corrected chi connectivity index (χ4v) is 3.45. The van der Waals surface area contributed by atoms with Gasteiger partial charge in [0, 0.05) is 56.5 Å². The zero-order chi connectivity index (χ0) is 20.2. The van der Waals surface area contributed by atoms with Gasteiger partial charge < -0.3 is 19.8 Å². The number of ether oxygens (including phenoxy) is 1. The fourth-order valence-electron chi connectivity index (χ4n) is 2.51. The molecule has 7 heteroatoms. The smallest absolute Gasteiger partial charge is 0.191 e. The minimum atomic E-state index is 0.108. The van der Waals surface area contributed by atoms with Crippen LogP contribution in [0, 0.1) is 0 Å². The molecule has 2 rings (SSSR count). The Labute approximate surface area is 172 Å². The molecule has 0 spiro atoms. The Bertz CT molecular complexity index is 690. The van der Waals surface area contributed by atoms with Gasteiger partial charge in [0.05, 0.1) is 17.0 Å². The van der Waals surface area contributed by atoms with Gasteiger partial charge in [-0.05, 0) is 25.5 Å². The predicted octanol–water partition coefficient (Wildman–Crippen LogP) is 3.78. The van der Waals surface area contributed by atoms with Gasteiger partial charge in [-0.15, -0.1) is 11.3 Å². The molecule has 156 valence electrons. The maximum Gasteiger partial charge on any atom is 0.191 e. The molecule has 2 N–H and O–H groups in total. The third-order valence-electron chi connectivity index (χ3n) is 4.03. The largest absolute Gasteiger partial charge is 0.469 e. The molecule has 0 aliphatic carbocycles. The second kappa shape index (κ2) is 11.9. The molecule has 2 heterocycles. The molecular weight excluding hydrogens is 372 g/mol. The molecule has 6 nitrogen and oxygen atoms in total. The minimum absolute atomic E-state index is 0.108. The van der Waals surface area contributed by atoms with Crippen molar-refractivity contribution in [2.75, 3.05) is 32.8 Å². The Kier molecular flexibility index (Phi) is 9.50. The molecule has 28 heavy (non-hydrogen) atoms. The number of thiazole rings is 1. The first kappa shape index (κ1) is 22.4. The average Bonchev–Trinajstić information content (AvgIpc) is 3.32. The van der Waals surface area contributed by atoms with Crippen LogP contribution >= 0.6 is 11.3 Å². The van der Waals surface area contributed by atoms with E-state index in [1.54, 1.807) is 17.6 Å². The van der Waals surface area contributed by atoms with Crippen LogP contribution in [0.5, 0.6) is 0 Å². The maximum atomic E-state index is 5.39. The van der Waals surface area contributed by atoms with Crippen LogP contribution in [0.25, 0.3) is 0 Å². The highest BCUT2D eigenvalue weighted by molar-refractivity contribution is 7.09. The lowest BCUT2D eigenvalue weighted by Gasteiger charge is -2.14. The Morgan fingerprint density at radius 1 is 1.25 bits per heavy atom. The summed E-state index contributed by atoms with van der Waals surface area (Å²) in [4.78, 5) is 9.42. The number of rotatable bonds is 11. The lowest BCUT2D eigenvalue weighted by Crippen LogP contribution is -2.39. The summed E-state index contributed by atoms with van der Waals surface area (Å²) < 4.78 is 10.8. The molecule has 0 aromatic carbocycles. The molecule has 0 aliphatic heterocycles. The maximum absolute atomic E-state index is 5.39. The van der Waals surface area contributed by atoms with Crippen LogP contribution < -0.4 is 10.6 Å². The summed E-state index contributed by atoms with van der Waals surface area (Å²) in [5.41, 5.74) is 1.24. The van der Waals surface area contributed by atoms with Crippen LogP contribution in [-0.2, 0) is 23.0 Å². The lowest BCUT2D eigenvalue weighted by molar-refractivity contribution is 0.146. The summed E-state index contributed by atoms with van der Waals surface area (Å²) >= 11 is 1.74. The highest BCUT2D eigenvalue weighted by Crippen LogP contribution is 2.25. The Balaban J connectivity index is 1.79. The normalized spacial score (nSPS) is 12.4. The minimum Gasteiger partial charge on any atom is -0.469 e. The molecule has 0 aliphatic rings. The van der Waals surface area contributed by atoms with Crippen molar-refractivity contribution >= 4 is 17.3 Å². The van der Waals surface area contributed by atoms with Crippen LogP contribution in [0.4, 0.5) is 0 Å². The Hall–Kier alpha value is -1.86. The molecule has 0 radical (unpaired) electrons. The molecule has 0 amide bonds. The molecule has 0 saturated heterocycles. The molecule has 0 atom stereocenters. The van der Waals surface area contributed by atoms with Gasteiger partial charge in [-0.3, -0.25) is 4.99 Å². The van der Waals surface area contributed by atoms with Crippen LogP contribution in [0.1, 0.15) is 50.6 Å². The molecule has 0 fully saturated rings. The number of furan rings is 1. The van der Waals surface area contributed by atoms with E-state index in [4.69, 9.17) is 14.1 Å².